The molecule has 0 radical (unpaired) electrons. The van der Waals surface area contributed by atoms with Gasteiger partial charge in [-0.15, -0.1) is 11.3 Å². The van der Waals surface area contributed by atoms with E-state index in [1.807, 2.05) is 4.90 Å². The highest BCUT2D eigenvalue weighted by Gasteiger charge is 2.27. The smallest absolute Gasteiger partial charge is 0.264 e. The van der Waals surface area contributed by atoms with Crippen LogP contribution in [0.3, 0.4) is 0 Å². The Hall–Kier alpha value is -3.59. The van der Waals surface area contributed by atoms with Gasteiger partial charge in [0.2, 0.25) is 0 Å². The third kappa shape index (κ3) is 4.07. The molecule has 1 amide bonds. The third-order valence-electron chi connectivity index (χ3n) is 6.11. The van der Waals surface area contributed by atoms with E-state index < -0.39 is 0 Å². The van der Waals surface area contributed by atoms with Crippen molar-refractivity contribution in [2.75, 3.05) is 31.1 Å². The van der Waals surface area contributed by atoms with Crippen LogP contribution in [0.5, 0.6) is 0 Å². The first-order valence-corrected chi connectivity index (χ1v) is 11.8. The number of hydrogen-bond acceptors (Lipinski definition) is 5. The second-order valence-electron chi connectivity index (χ2n) is 8.27. The van der Waals surface area contributed by atoms with E-state index >= 15 is 0 Å². The predicted molar refractivity (Wildman–Crippen MR) is 129 cm³/mol. The summed E-state index contributed by atoms with van der Waals surface area (Å²) in [6.45, 7) is 3.91. The molecule has 2 aromatic heterocycles. The highest BCUT2D eigenvalue weighted by Crippen LogP contribution is 2.29. The van der Waals surface area contributed by atoms with Gasteiger partial charge in [0.05, 0.1) is 28.8 Å². The second kappa shape index (κ2) is 8.98. The second-order valence-corrected chi connectivity index (χ2v) is 9.27. The predicted octanol–water partition coefficient (Wildman–Crippen LogP) is 4.06. The van der Waals surface area contributed by atoms with Crippen LogP contribution in [0, 0.1) is 18.6 Å². The first kappa shape index (κ1) is 22.2. The summed E-state index contributed by atoms with van der Waals surface area (Å²) < 4.78 is 29.1. The summed E-state index contributed by atoms with van der Waals surface area (Å²) in [6, 6.07) is 12.7. The SMILES string of the molecule is Cc1c(C(=O)N2CCN(c3ccccc3F)CC2)sc2ncn(Cc3cccc(F)c3)c(=O)c12. The van der Waals surface area contributed by atoms with Crippen molar-refractivity contribution in [1.82, 2.24) is 14.5 Å². The summed E-state index contributed by atoms with van der Waals surface area (Å²) in [5.74, 6) is -0.790. The van der Waals surface area contributed by atoms with E-state index in [4.69, 9.17) is 0 Å². The number of amides is 1. The molecule has 0 bridgehead atoms. The van der Waals surface area contributed by atoms with Crippen LogP contribution in [-0.4, -0.2) is 46.5 Å². The molecule has 34 heavy (non-hydrogen) atoms. The molecule has 0 saturated carbocycles. The Kier molecular flexibility index (Phi) is 5.87. The fraction of sp³-hybridized carbons (Fsp3) is 0.240. The molecule has 3 heterocycles. The van der Waals surface area contributed by atoms with E-state index in [1.165, 1.54) is 40.4 Å². The number of aryl methyl sites for hydroxylation is 1. The van der Waals surface area contributed by atoms with Crippen LogP contribution >= 0.6 is 11.3 Å². The largest absolute Gasteiger partial charge is 0.366 e. The maximum atomic E-state index is 14.1. The number of benzene rings is 2. The lowest BCUT2D eigenvalue weighted by Crippen LogP contribution is -2.49. The molecule has 1 fully saturated rings. The first-order valence-electron chi connectivity index (χ1n) is 10.9. The zero-order valence-corrected chi connectivity index (χ0v) is 19.3. The Morgan fingerprint density at radius 1 is 1.06 bits per heavy atom. The fourth-order valence-electron chi connectivity index (χ4n) is 4.31. The fourth-order valence-corrected chi connectivity index (χ4v) is 5.42. The zero-order chi connectivity index (χ0) is 23.8. The van der Waals surface area contributed by atoms with E-state index in [1.54, 1.807) is 42.2 Å². The molecule has 0 atom stereocenters. The van der Waals surface area contributed by atoms with Crippen LogP contribution in [0.1, 0.15) is 20.8 Å². The number of halogens is 2. The number of anilines is 1. The van der Waals surface area contributed by atoms with Gasteiger partial charge in [-0.2, -0.15) is 0 Å². The van der Waals surface area contributed by atoms with E-state index in [0.717, 1.165) is 0 Å². The molecule has 1 aliphatic heterocycles. The molecule has 5 rings (SSSR count). The third-order valence-corrected chi connectivity index (χ3v) is 7.30. The molecule has 9 heteroatoms. The molecule has 0 N–H and O–H groups in total. The molecule has 6 nitrogen and oxygen atoms in total. The summed E-state index contributed by atoms with van der Waals surface area (Å²) in [5, 5.41) is 0.414. The Labute approximate surface area is 198 Å². The highest BCUT2D eigenvalue weighted by molar-refractivity contribution is 7.20. The van der Waals surface area contributed by atoms with Gasteiger partial charge >= 0.3 is 0 Å². The van der Waals surface area contributed by atoms with Gasteiger partial charge in [-0.05, 0) is 42.3 Å². The number of carbonyl (C=O) groups is 1. The molecule has 0 aliphatic carbocycles. The minimum absolute atomic E-state index is 0.148. The highest BCUT2D eigenvalue weighted by atomic mass is 32.1. The van der Waals surface area contributed by atoms with Crippen LogP contribution in [0.15, 0.2) is 59.7 Å². The number of hydrogen-bond donors (Lipinski definition) is 0. The summed E-state index contributed by atoms with van der Waals surface area (Å²) in [5.41, 5.74) is 1.54. The number of fused-ring (bicyclic) bond motifs is 1. The number of carbonyl (C=O) groups excluding carboxylic acids is 1. The molecular weight excluding hydrogens is 458 g/mol. The van der Waals surface area contributed by atoms with Gasteiger partial charge in [-0.1, -0.05) is 24.3 Å². The van der Waals surface area contributed by atoms with Gasteiger partial charge in [-0.3, -0.25) is 14.2 Å². The number of aromatic nitrogens is 2. The van der Waals surface area contributed by atoms with E-state index in [0.29, 0.717) is 58.1 Å². The van der Waals surface area contributed by atoms with Crippen molar-refractivity contribution in [3.05, 3.63) is 92.9 Å². The normalized spacial score (nSPS) is 14.1. The lowest BCUT2D eigenvalue weighted by Gasteiger charge is -2.36. The average molecular weight is 481 g/mol. The molecule has 0 spiro atoms. The molecule has 0 unspecified atom stereocenters. The zero-order valence-electron chi connectivity index (χ0n) is 18.5. The van der Waals surface area contributed by atoms with Crippen molar-refractivity contribution < 1.29 is 13.6 Å². The number of para-hydroxylation sites is 1. The minimum atomic E-state index is -0.366. The van der Waals surface area contributed by atoms with Gasteiger partial charge in [-0.25, -0.2) is 13.8 Å². The molecule has 4 aromatic rings. The Morgan fingerprint density at radius 3 is 2.56 bits per heavy atom. The number of rotatable bonds is 4. The molecule has 1 aliphatic rings. The van der Waals surface area contributed by atoms with Crippen LogP contribution in [-0.2, 0) is 6.54 Å². The van der Waals surface area contributed by atoms with Gasteiger partial charge in [0.15, 0.2) is 0 Å². The maximum absolute atomic E-state index is 14.1. The summed E-state index contributed by atoms with van der Waals surface area (Å²) in [4.78, 5) is 35.5. The lowest BCUT2D eigenvalue weighted by atomic mass is 10.1. The number of piperazine rings is 1. The Morgan fingerprint density at radius 2 is 1.82 bits per heavy atom. The van der Waals surface area contributed by atoms with Crippen molar-refractivity contribution in [2.24, 2.45) is 0 Å². The number of nitrogens with zero attached hydrogens (tertiary/aromatic N) is 4. The topological polar surface area (TPSA) is 58.4 Å². The lowest BCUT2D eigenvalue weighted by molar-refractivity contribution is 0.0751. The van der Waals surface area contributed by atoms with Crippen molar-refractivity contribution in [3.63, 3.8) is 0 Å². The van der Waals surface area contributed by atoms with Crippen molar-refractivity contribution in [3.8, 4) is 0 Å². The molecule has 174 valence electrons. The van der Waals surface area contributed by atoms with E-state index in [2.05, 4.69) is 4.98 Å². The van der Waals surface area contributed by atoms with Gasteiger partial charge in [0.1, 0.15) is 16.5 Å². The summed E-state index contributed by atoms with van der Waals surface area (Å²) in [7, 11) is 0. The minimum Gasteiger partial charge on any atom is -0.366 e. The van der Waals surface area contributed by atoms with E-state index in [9.17, 15) is 18.4 Å². The Balaban J connectivity index is 1.37. The molecular formula is C25H22F2N4O2S. The standard InChI is InChI=1S/C25H22F2N4O2S/c1-16-21-23(28-15-31(24(21)32)14-17-5-4-6-18(26)13-17)34-22(16)25(33)30-11-9-29(10-12-30)20-8-3-2-7-19(20)27/h2-8,13,15H,9-12,14H2,1H3. The van der Waals surface area contributed by atoms with Crippen molar-refractivity contribution >= 4 is 33.1 Å². The van der Waals surface area contributed by atoms with Gasteiger partial charge in [0.25, 0.3) is 11.5 Å². The van der Waals surface area contributed by atoms with Crippen LogP contribution < -0.4 is 10.5 Å². The van der Waals surface area contributed by atoms with Crippen LogP contribution in [0.2, 0.25) is 0 Å². The average Bonchev–Trinajstić information content (AvgIpc) is 3.18. The van der Waals surface area contributed by atoms with Crippen LogP contribution in [0.4, 0.5) is 14.5 Å². The van der Waals surface area contributed by atoms with Crippen molar-refractivity contribution in [2.45, 2.75) is 13.5 Å². The summed E-state index contributed by atoms with van der Waals surface area (Å²) >= 11 is 1.21. The quantitative estimate of drug-likeness (QED) is 0.442. The Bertz CT molecular complexity index is 1440. The van der Waals surface area contributed by atoms with Gasteiger partial charge in [0, 0.05) is 26.2 Å². The number of thiophene rings is 1. The molecule has 2 aromatic carbocycles. The molecule has 1 saturated heterocycles. The van der Waals surface area contributed by atoms with Crippen molar-refractivity contribution in [1.29, 1.82) is 0 Å². The summed E-state index contributed by atoms with van der Waals surface area (Å²) in [6.07, 6.45) is 1.44. The maximum Gasteiger partial charge on any atom is 0.264 e. The monoisotopic (exact) mass is 480 g/mol. The van der Waals surface area contributed by atoms with Crippen LogP contribution in [0.25, 0.3) is 10.2 Å². The van der Waals surface area contributed by atoms with E-state index in [-0.39, 0.29) is 29.6 Å². The van der Waals surface area contributed by atoms with Gasteiger partial charge < -0.3 is 9.80 Å². The first-order chi connectivity index (χ1) is 16.4.